The largest absolute Gasteiger partial charge is 0.341 e. The number of amides is 1. The summed E-state index contributed by atoms with van der Waals surface area (Å²) in [6.07, 6.45) is 4.28. The van der Waals surface area contributed by atoms with E-state index in [1.807, 2.05) is 11.0 Å². The van der Waals surface area contributed by atoms with Crippen molar-refractivity contribution in [3.05, 3.63) is 50.8 Å². The van der Waals surface area contributed by atoms with Gasteiger partial charge in [-0.25, -0.2) is 4.98 Å². The zero-order valence-corrected chi connectivity index (χ0v) is 15.4. The van der Waals surface area contributed by atoms with Crippen LogP contribution >= 0.6 is 11.3 Å². The summed E-state index contributed by atoms with van der Waals surface area (Å²) >= 11 is 1.68. The van der Waals surface area contributed by atoms with E-state index in [1.165, 1.54) is 11.2 Å². The Hall–Kier alpha value is -1.95. The predicted molar refractivity (Wildman–Crippen MR) is 97.8 cm³/mol. The van der Waals surface area contributed by atoms with E-state index in [1.54, 1.807) is 17.4 Å². The molecule has 0 spiro atoms. The Morgan fingerprint density at radius 1 is 1.44 bits per heavy atom. The first-order valence-electron chi connectivity index (χ1n) is 8.82. The zero-order valence-electron chi connectivity index (χ0n) is 14.6. The third-order valence-corrected chi connectivity index (χ3v) is 6.90. The number of carbonyl (C=O) groups excluding carboxylic acids is 1. The Kier molecular flexibility index (Phi) is 3.83. The van der Waals surface area contributed by atoms with E-state index in [0.717, 1.165) is 31.5 Å². The molecule has 1 saturated carbocycles. The molecule has 5 nitrogen and oxygen atoms in total. The molecule has 4 rings (SSSR count). The maximum atomic E-state index is 13.5. The fraction of sp³-hybridized carbons (Fsp3) is 0.526. The number of piperidine rings is 1. The standard InChI is InChI=1S/C19H23N3O2S/c1-18(2)11-19(18,15-6-4-8-25-15)17(24)22-7-3-5-13(10-22)14-9-16(23)21-12-20-14/h4,6,8-9,12-13H,3,5,7,10-11H2,1-2H3,(H,20,21,23)/t13-,19+/m1/s1. The van der Waals surface area contributed by atoms with Crippen LogP contribution in [0.25, 0.3) is 0 Å². The predicted octanol–water partition coefficient (Wildman–Crippen LogP) is 2.91. The highest BCUT2D eigenvalue weighted by Crippen LogP contribution is 2.66. The second kappa shape index (κ2) is 5.80. The fourth-order valence-corrected chi connectivity index (χ4v) is 5.41. The van der Waals surface area contributed by atoms with Crippen molar-refractivity contribution >= 4 is 17.2 Å². The SMILES string of the molecule is CC1(C)C[C@@]1(C(=O)N1CCC[C@@H](c2cc(=O)[nH]cn2)C1)c1cccs1. The molecule has 2 fully saturated rings. The molecule has 0 bridgehead atoms. The third kappa shape index (κ3) is 2.63. The number of aromatic nitrogens is 2. The molecular formula is C19H23N3O2S. The zero-order chi connectivity index (χ0) is 17.7. The summed E-state index contributed by atoms with van der Waals surface area (Å²) in [5, 5.41) is 2.05. The lowest BCUT2D eigenvalue weighted by Crippen LogP contribution is -2.46. The van der Waals surface area contributed by atoms with E-state index in [0.29, 0.717) is 6.54 Å². The molecule has 2 aromatic rings. The molecule has 25 heavy (non-hydrogen) atoms. The smallest absolute Gasteiger partial charge is 0.250 e. The van der Waals surface area contributed by atoms with Crippen molar-refractivity contribution in [1.29, 1.82) is 0 Å². The highest BCUT2D eigenvalue weighted by Gasteiger charge is 2.68. The molecule has 1 amide bonds. The Morgan fingerprint density at radius 2 is 2.24 bits per heavy atom. The van der Waals surface area contributed by atoms with Gasteiger partial charge in [0.15, 0.2) is 0 Å². The van der Waals surface area contributed by atoms with Gasteiger partial charge >= 0.3 is 0 Å². The molecule has 6 heteroatoms. The van der Waals surface area contributed by atoms with Gasteiger partial charge in [0.25, 0.3) is 5.56 Å². The maximum Gasteiger partial charge on any atom is 0.250 e. The molecule has 1 saturated heterocycles. The summed E-state index contributed by atoms with van der Waals surface area (Å²) in [7, 11) is 0. The van der Waals surface area contributed by atoms with E-state index in [2.05, 4.69) is 35.3 Å². The number of H-pyrrole nitrogens is 1. The van der Waals surface area contributed by atoms with Gasteiger partial charge in [0.2, 0.25) is 5.91 Å². The number of carbonyl (C=O) groups is 1. The summed E-state index contributed by atoms with van der Waals surface area (Å²) < 4.78 is 0. The number of hydrogen-bond donors (Lipinski definition) is 1. The Bertz CT molecular complexity index is 842. The molecule has 132 valence electrons. The molecule has 0 radical (unpaired) electrons. The monoisotopic (exact) mass is 357 g/mol. The summed E-state index contributed by atoms with van der Waals surface area (Å²) in [4.78, 5) is 35.1. The van der Waals surface area contributed by atoms with Crippen LogP contribution in [-0.2, 0) is 10.2 Å². The van der Waals surface area contributed by atoms with Crippen molar-refractivity contribution in [1.82, 2.24) is 14.9 Å². The van der Waals surface area contributed by atoms with Crippen molar-refractivity contribution < 1.29 is 4.79 Å². The Balaban J connectivity index is 1.59. The second-order valence-electron chi connectivity index (χ2n) is 7.87. The Morgan fingerprint density at radius 3 is 2.88 bits per heavy atom. The van der Waals surface area contributed by atoms with Gasteiger partial charge in [-0.05, 0) is 36.1 Å². The number of rotatable bonds is 3. The fourth-order valence-electron chi connectivity index (χ4n) is 4.31. The molecule has 1 aliphatic heterocycles. The lowest BCUT2D eigenvalue weighted by molar-refractivity contribution is -0.136. The second-order valence-corrected chi connectivity index (χ2v) is 8.82. The molecule has 1 N–H and O–H groups in total. The first-order chi connectivity index (χ1) is 11.9. The van der Waals surface area contributed by atoms with Gasteiger partial charge in [-0.2, -0.15) is 0 Å². The lowest BCUT2D eigenvalue weighted by atomic mass is 9.89. The number of thiophene rings is 1. The topological polar surface area (TPSA) is 66.1 Å². The number of nitrogens with zero attached hydrogens (tertiary/aromatic N) is 2. The maximum absolute atomic E-state index is 13.5. The van der Waals surface area contributed by atoms with E-state index in [9.17, 15) is 9.59 Å². The van der Waals surface area contributed by atoms with Crippen LogP contribution in [0.2, 0.25) is 0 Å². The first kappa shape index (κ1) is 16.5. The molecular weight excluding hydrogens is 334 g/mol. The van der Waals surface area contributed by atoms with Gasteiger partial charge in [0.05, 0.1) is 17.4 Å². The van der Waals surface area contributed by atoms with Crippen LogP contribution in [0.4, 0.5) is 0 Å². The summed E-state index contributed by atoms with van der Waals surface area (Å²) in [5.41, 5.74) is 0.294. The van der Waals surface area contributed by atoms with Gasteiger partial charge < -0.3 is 9.88 Å². The molecule has 0 unspecified atom stereocenters. The summed E-state index contributed by atoms with van der Waals surface area (Å²) in [6, 6.07) is 5.69. The number of aromatic amines is 1. The van der Waals surface area contributed by atoms with E-state index >= 15 is 0 Å². The normalized spacial score (nSPS) is 27.9. The van der Waals surface area contributed by atoms with Gasteiger partial charge in [-0.1, -0.05) is 19.9 Å². The molecule has 2 atom stereocenters. The molecule has 2 aromatic heterocycles. The first-order valence-corrected chi connectivity index (χ1v) is 9.70. The van der Waals surface area contributed by atoms with Crippen molar-refractivity contribution in [3.63, 3.8) is 0 Å². The van der Waals surface area contributed by atoms with Crippen molar-refractivity contribution in [3.8, 4) is 0 Å². The Labute approximate surface area is 151 Å². The quantitative estimate of drug-likeness (QED) is 0.918. The summed E-state index contributed by atoms with van der Waals surface area (Å²) in [5.74, 6) is 0.386. The van der Waals surface area contributed by atoms with E-state index < -0.39 is 0 Å². The van der Waals surface area contributed by atoms with Crippen molar-refractivity contribution in [2.75, 3.05) is 13.1 Å². The van der Waals surface area contributed by atoms with Crippen molar-refractivity contribution in [2.45, 2.75) is 44.4 Å². The lowest BCUT2D eigenvalue weighted by Gasteiger charge is -2.35. The van der Waals surface area contributed by atoms with Gasteiger partial charge in [0.1, 0.15) is 0 Å². The highest BCUT2D eigenvalue weighted by molar-refractivity contribution is 7.10. The summed E-state index contributed by atoms with van der Waals surface area (Å²) in [6.45, 7) is 5.81. The van der Waals surface area contributed by atoms with E-state index in [-0.39, 0.29) is 28.2 Å². The number of likely N-dealkylation sites (tertiary alicyclic amines) is 1. The number of hydrogen-bond acceptors (Lipinski definition) is 4. The van der Waals surface area contributed by atoms with Crippen LogP contribution in [0.15, 0.2) is 34.7 Å². The van der Waals surface area contributed by atoms with Crippen molar-refractivity contribution in [2.24, 2.45) is 5.41 Å². The minimum Gasteiger partial charge on any atom is -0.341 e. The van der Waals surface area contributed by atoms with Crippen LogP contribution in [0, 0.1) is 5.41 Å². The average Bonchev–Trinajstić information content (AvgIpc) is 2.97. The van der Waals surface area contributed by atoms with Gasteiger partial charge in [-0.15, -0.1) is 11.3 Å². The molecule has 0 aromatic carbocycles. The van der Waals surface area contributed by atoms with Gasteiger partial charge in [-0.3, -0.25) is 9.59 Å². The van der Waals surface area contributed by atoms with Gasteiger partial charge in [0, 0.05) is 30.0 Å². The number of nitrogens with one attached hydrogen (secondary N) is 1. The molecule has 3 heterocycles. The third-order valence-electron chi connectivity index (χ3n) is 5.87. The highest BCUT2D eigenvalue weighted by atomic mass is 32.1. The van der Waals surface area contributed by atoms with Crippen LogP contribution in [0.1, 0.15) is 49.6 Å². The van der Waals surface area contributed by atoms with Crippen LogP contribution in [0.5, 0.6) is 0 Å². The minimum absolute atomic E-state index is 0.00399. The van der Waals surface area contributed by atoms with Crippen LogP contribution in [-0.4, -0.2) is 33.9 Å². The van der Waals surface area contributed by atoms with E-state index in [4.69, 9.17) is 0 Å². The minimum atomic E-state index is -0.370. The van der Waals surface area contributed by atoms with Crippen LogP contribution < -0.4 is 5.56 Å². The van der Waals surface area contributed by atoms with Crippen LogP contribution in [0.3, 0.4) is 0 Å². The average molecular weight is 357 g/mol. The molecule has 1 aliphatic carbocycles. The molecule has 2 aliphatic rings.